The molecule has 1 rings (SSSR count). The van der Waals surface area contributed by atoms with Crippen molar-refractivity contribution in [2.45, 2.75) is 58.8 Å². The van der Waals surface area contributed by atoms with Gasteiger partial charge >= 0.3 is 0 Å². The van der Waals surface area contributed by atoms with E-state index in [0.29, 0.717) is 11.9 Å². The van der Waals surface area contributed by atoms with E-state index >= 15 is 0 Å². The van der Waals surface area contributed by atoms with Crippen molar-refractivity contribution in [3.8, 4) is 0 Å². The van der Waals surface area contributed by atoms with Gasteiger partial charge in [-0.15, -0.1) is 0 Å². The normalized spacial score (nSPS) is 27.5. The fraction of sp³-hybridized carbons (Fsp3) is 0.917. The Bertz CT molecular complexity index is 235. The van der Waals surface area contributed by atoms with Gasteiger partial charge in [-0.3, -0.25) is 10.1 Å². The number of rotatable bonds is 6. The van der Waals surface area contributed by atoms with Crippen LogP contribution in [0, 0.1) is 0 Å². The molecule has 94 valence electrons. The van der Waals surface area contributed by atoms with Crippen molar-refractivity contribution in [2.24, 2.45) is 0 Å². The van der Waals surface area contributed by atoms with E-state index < -0.39 is 0 Å². The van der Waals surface area contributed by atoms with E-state index in [-0.39, 0.29) is 12.2 Å². The number of hydrogen-bond acceptors (Lipinski definition) is 3. The average Bonchev–Trinajstić information content (AvgIpc) is 2.52. The highest BCUT2D eigenvalue weighted by Gasteiger charge is 2.37. The van der Waals surface area contributed by atoms with Gasteiger partial charge in [0.15, 0.2) is 0 Å². The van der Waals surface area contributed by atoms with E-state index in [1.165, 1.54) is 0 Å². The highest BCUT2D eigenvalue weighted by molar-refractivity contribution is 7.99. The Balaban J connectivity index is 2.55. The van der Waals surface area contributed by atoms with Gasteiger partial charge in [0.2, 0.25) is 5.91 Å². The number of hydrogen-bond donors (Lipinski definition) is 1. The highest BCUT2D eigenvalue weighted by Crippen LogP contribution is 2.19. The fourth-order valence-electron chi connectivity index (χ4n) is 2.28. The summed E-state index contributed by atoms with van der Waals surface area (Å²) in [6.45, 7) is 8.51. The first kappa shape index (κ1) is 13.8. The standard InChI is InChI=1S/C12H24N2OS/c1-5-7-11-12(15)14(10(4)13-11)9(3)8-16-6-2/h9-11,13H,5-8H2,1-4H3. The summed E-state index contributed by atoms with van der Waals surface area (Å²) in [4.78, 5) is 14.2. The molecule has 16 heavy (non-hydrogen) atoms. The Hall–Kier alpha value is -0.220. The van der Waals surface area contributed by atoms with Crippen LogP contribution in [0.4, 0.5) is 0 Å². The zero-order chi connectivity index (χ0) is 12.1. The second kappa shape index (κ2) is 6.50. The molecule has 1 fully saturated rings. The monoisotopic (exact) mass is 244 g/mol. The second-order valence-corrected chi connectivity index (χ2v) is 5.76. The van der Waals surface area contributed by atoms with E-state index in [1.807, 2.05) is 16.7 Å². The van der Waals surface area contributed by atoms with Crippen LogP contribution in [-0.4, -0.2) is 40.6 Å². The molecule has 0 spiro atoms. The summed E-state index contributed by atoms with van der Waals surface area (Å²) in [5, 5.41) is 3.38. The minimum absolute atomic E-state index is 0.0501. The predicted octanol–water partition coefficient (Wildman–Crippen LogP) is 2.07. The van der Waals surface area contributed by atoms with Crippen molar-refractivity contribution >= 4 is 17.7 Å². The number of carbonyl (C=O) groups excluding carboxylic acids is 1. The van der Waals surface area contributed by atoms with E-state index in [1.54, 1.807) is 0 Å². The summed E-state index contributed by atoms with van der Waals surface area (Å²) in [5.41, 5.74) is 0. The molecule has 0 bridgehead atoms. The molecule has 0 aromatic heterocycles. The summed E-state index contributed by atoms with van der Waals surface area (Å²) < 4.78 is 0. The minimum atomic E-state index is 0.0501. The molecule has 3 nitrogen and oxygen atoms in total. The molecular formula is C12H24N2OS. The molecule has 0 aromatic rings. The molecule has 0 aliphatic carbocycles. The molecule has 3 unspecified atom stereocenters. The van der Waals surface area contributed by atoms with Crippen LogP contribution in [0.5, 0.6) is 0 Å². The molecule has 1 heterocycles. The van der Waals surface area contributed by atoms with Crippen LogP contribution in [0.2, 0.25) is 0 Å². The van der Waals surface area contributed by atoms with Crippen LogP contribution in [0.3, 0.4) is 0 Å². The lowest BCUT2D eigenvalue weighted by Gasteiger charge is -2.28. The van der Waals surface area contributed by atoms with Crippen molar-refractivity contribution in [1.29, 1.82) is 0 Å². The highest BCUT2D eigenvalue weighted by atomic mass is 32.2. The SMILES string of the molecule is CCCC1NC(C)N(C(C)CSCC)C1=O. The first-order valence-electron chi connectivity index (χ1n) is 6.27. The Morgan fingerprint density at radius 2 is 2.19 bits per heavy atom. The van der Waals surface area contributed by atoms with E-state index in [4.69, 9.17) is 0 Å². The summed E-state index contributed by atoms with van der Waals surface area (Å²) in [5.74, 6) is 2.44. The van der Waals surface area contributed by atoms with Gasteiger partial charge < -0.3 is 4.90 Å². The van der Waals surface area contributed by atoms with Gasteiger partial charge in [-0.1, -0.05) is 20.3 Å². The summed E-state index contributed by atoms with van der Waals surface area (Å²) in [6, 6.07) is 0.385. The Kier molecular flexibility index (Phi) is 5.62. The molecule has 1 N–H and O–H groups in total. The van der Waals surface area contributed by atoms with Crippen LogP contribution in [0.15, 0.2) is 0 Å². The van der Waals surface area contributed by atoms with Crippen molar-refractivity contribution in [3.05, 3.63) is 0 Å². The number of nitrogens with zero attached hydrogens (tertiary/aromatic N) is 1. The maximum absolute atomic E-state index is 12.2. The van der Waals surface area contributed by atoms with Crippen molar-refractivity contribution < 1.29 is 4.79 Å². The van der Waals surface area contributed by atoms with Gasteiger partial charge in [0.25, 0.3) is 0 Å². The molecule has 0 aromatic carbocycles. The third-order valence-electron chi connectivity index (χ3n) is 3.03. The largest absolute Gasteiger partial charge is 0.323 e. The van der Waals surface area contributed by atoms with E-state index in [9.17, 15) is 4.79 Å². The van der Waals surface area contributed by atoms with Gasteiger partial charge in [0.1, 0.15) is 0 Å². The maximum atomic E-state index is 12.2. The van der Waals surface area contributed by atoms with Crippen molar-refractivity contribution in [1.82, 2.24) is 10.2 Å². The average molecular weight is 244 g/mol. The fourth-order valence-corrected chi connectivity index (χ4v) is 3.01. The number of carbonyl (C=O) groups is 1. The Morgan fingerprint density at radius 3 is 2.75 bits per heavy atom. The smallest absolute Gasteiger partial charge is 0.241 e. The number of nitrogens with one attached hydrogen (secondary N) is 1. The van der Waals surface area contributed by atoms with Crippen LogP contribution in [-0.2, 0) is 4.79 Å². The first-order valence-corrected chi connectivity index (χ1v) is 7.43. The third kappa shape index (κ3) is 3.14. The Labute approximate surface area is 103 Å². The minimum Gasteiger partial charge on any atom is -0.323 e. The second-order valence-electron chi connectivity index (χ2n) is 4.44. The van der Waals surface area contributed by atoms with Crippen molar-refractivity contribution in [3.63, 3.8) is 0 Å². The van der Waals surface area contributed by atoms with Crippen LogP contribution in [0.1, 0.15) is 40.5 Å². The third-order valence-corrected chi connectivity index (χ3v) is 4.15. The summed E-state index contributed by atoms with van der Waals surface area (Å²) in [6.07, 6.45) is 2.20. The van der Waals surface area contributed by atoms with Crippen LogP contribution in [0.25, 0.3) is 0 Å². The zero-order valence-corrected chi connectivity index (χ0v) is 11.6. The number of amides is 1. The van der Waals surface area contributed by atoms with Gasteiger partial charge in [-0.2, -0.15) is 11.8 Å². The van der Waals surface area contributed by atoms with Gasteiger partial charge in [-0.05, 0) is 26.0 Å². The zero-order valence-electron chi connectivity index (χ0n) is 10.8. The Morgan fingerprint density at radius 1 is 1.50 bits per heavy atom. The molecule has 0 radical (unpaired) electrons. The lowest BCUT2D eigenvalue weighted by molar-refractivity contribution is -0.131. The van der Waals surface area contributed by atoms with Gasteiger partial charge in [0.05, 0.1) is 12.2 Å². The van der Waals surface area contributed by atoms with Crippen molar-refractivity contribution in [2.75, 3.05) is 11.5 Å². The lowest BCUT2D eigenvalue weighted by atomic mass is 10.1. The van der Waals surface area contributed by atoms with Crippen LogP contribution >= 0.6 is 11.8 Å². The molecule has 1 amide bonds. The molecule has 3 atom stereocenters. The van der Waals surface area contributed by atoms with Gasteiger partial charge in [0, 0.05) is 11.8 Å². The topological polar surface area (TPSA) is 32.3 Å². The molecule has 4 heteroatoms. The molecule has 1 saturated heterocycles. The van der Waals surface area contributed by atoms with Gasteiger partial charge in [-0.25, -0.2) is 0 Å². The summed E-state index contributed by atoms with van der Waals surface area (Å²) >= 11 is 1.90. The molecule has 1 aliphatic rings. The summed E-state index contributed by atoms with van der Waals surface area (Å²) in [7, 11) is 0. The quantitative estimate of drug-likeness (QED) is 0.776. The first-order chi connectivity index (χ1) is 7.61. The lowest BCUT2D eigenvalue weighted by Crippen LogP contribution is -2.42. The van der Waals surface area contributed by atoms with E-state index in [0.717, 1.165) is 24.3 Å². The molecule has 0 saturated carbocycles. The predicted molar refractivity (Wildman–Crippen MR) is 70.6 cm³/mol. The maximum Gasteiger partial charge on any atom is 0.241 e. The molecule has 1 aliphatic heterocycles. The molecular weight excluding hydrogens is 220 g/mol. The van der Waals surface area contributed by atoms with E-state index in [2.05, 4.69) is 33.0 Å². The number of thioether (sulfide) groups is 1. The van der Waals surface area contributed by atoms with Crippen LogP contribution < -0.4 is 5.32 Å².